The van der Waals surface area contributed by atoms with Gasteiger partial charge in [-0.3, -0.25) is 4.79 Å². The SMILES string of the molecule is CCOc1ccccc1C1(C)CCC(=O)NC1. The summed E-state index contributed by atoms with van der Waals surface area (Å²) >= 11 is 0. The highest BCUT2D eigenvalue weighted by Gasteiger charge is 2.33. The van der Waals surface area contributed by atoms with Gasteiger partial charge in [-0.25, -0.2) is 0 Å². The van der Waals surface area contributed by atoms with E-state index < -0.39 is 0 Å². The van der Waals surface area contributed by atoms with Gasteiger partial charge in [0.1, 0.15) is 5.75 Å². The second-order valence-electron chi connectivity index (χ2n) is 4.77. The number of ether oxygens (including phenoxy) is 1. The van der Waals surface area contributed by atoms with Gasteiger partial charge in [0.15, 0.2) is 0 Å². The molecule has 0 bridgehead atoms. The molecule has 1 heterocycles. The summed E-state index contributed by atoms with van der Waals surface area (Å²) in [4.78, 5) is 11.3. The van der Waals surface area contributed by atoms with Crippen LogP contribution < -0.4 is 10.1 Å². The summed E-state index contributed by atoms with van der Waals surface area (Å²) in [6.45, 7) is 5.53. The molecule has 0 aliphatic carbocycles. The van der Waals surface area contributed by atoms with Gasteiger partial charge >= 0.3 is 0 Å². The Kier molecular flexibility index (Phi) is 3.36. The molecule has 3 heteroatoms. The molecule has 92 valence electrons. The first kappa shape index (κ1) is 12.0. The minimum atomic E-state index is -0.0142. The molecule has 1 aromatic carbocycles. The molecule has 1 aromatic rings. The van der Waals surface area contributed by atoms with Crippen LogP contribution in [0.5, 0.6) is 5.75 Å². The van der Waals surface area contributed by atoms with Crippen molar-refractivity contribution in [3.8, 4) is 5.75 Å². The summed E-state index contributed by atoms with van der Waals surface area (Å²) in [6, 6.07) is 8.11. The molecular formula is C14H19NO2. The van der Waals surface area contributed by atoms with Gasteiger partial charge in [0.25, 0.3) is 0 Å². The molecule has 2 rings (SSSR count). The minimum Gasteiger partial charge on any atom is -0.494 e. The van der Waals surface area contributed by atoms with Gasteiger partial charge in [0.2, 0.25) is 5.91 Å². The summed E-state index contributed by atoms with van der Waals surface area (Å²) in [6.07, 6.45) is 1.47. The van der Waals surface area contributed by atoms with Crippen LogP contribution in [-0.4, -0.2) is 19.1 Å². The van der Waals surface area contributed by atoms with Crippen LogP contribution in [0.3, 0.4) is 0 Å². The lowest BCUT2D eigenvalue weighted by atomic mass is 9.76. The lowest BCUT2D eigenvalue weighted by Crippen LogP contribution is -2.44. The van der Waals surface area contributed by atoms with Gasteiger partial charge < -0.3 is 10.1 Å². The molecule has 1 amide bonds. The lowest BCUT2D eigenvalue weighted by molar-refractivity contribution is -0.123. The number of nitrogens with one attached hydrogen (secondary N) is 1. The fourth-order valence-electron chi connectivity index (χ4n) is 2.34. The van der Waals surface area contributed by atoms with E-state index in [-0.39, 0.29) is 11.3 Å². The number of benzene rings is 1. The Labute approximate surface area is 102 Å². The molecule has 1 aliphatic rings. The maximum atomic E-state index is 11.3. The Balaban J connectivity index is 2.29. The third-order valence-corrected chi connectivity index (χ3v) is 3.42. The predicted molar refractivity (Wildman–Crippen MR) is 67.2 cm³/mol. The third-order valence-electron chi connectivity index (χ3n) is 3.42. The Morgan fingerprint density at radius 2 is 2.18 bits per heavy atom. The van der Waals surface area contributed by atoms with Crippen molar-refractivity contribution < 1.29 is 9.53 Å². The molecule has 1 aliphatic heterocycles. The number of hydrogen-bond donors (Lipinski definition) is 1. The Morgan fingerprint density at radius 3 is 2.82 bits per heavy atom. The van der Waals surface area contributed by atoms with Crippen LogP contribution in [0.15, 0.2) is 24.3 Å². The van der Waals surface area contributed by atoms with E-state index >= 15 is 0 Å². The minimum absolute atomic E-state index is 0.0142. The van der Waals surface area contributed by atoms with E-state index in [1.54, 1.807) is 0 Å². The van der Waals surface area contributed by atoms with Crippen LogP contribution in [0.4, 0.5) is 0 Å². The van der Waals surface area contributed by atoms with Crippen LogP contribution in [0, 0.1) is 0 Å². The molecule has 0 aromatic heterocycles. The van der Waals surface area contributed by atoms with Crippen molar-refractivity contribution in [2.45, 2.75) is 32.1 Å². The van der Waals surface area contributed by atoms with Crippen molar-refractivity contribution in [1.29, 1.82) is 0 Å². The van der Waals surface area contributed by atoms with Gasteiger partial charge in [-0.15, -0.1) is 0 Å². The van der Waals surface area contributed by atoms with E-state index in [1.807, 2.05) is 25.1 Å². The van der Waals surface area contributed by atoms with Crippen LogP contribution in [0.25, 0.3) is 0 Å². The highest BCUT2D eigenvalue weighted by atomic mass is 16.5. The summed E-state index contributed by atoms with van der Waals surface area (Å²) in [5.41, 5.74) is 1.18. The van der Waals surface area contributed by atoms with E-state index in [1.165, 1.54) is 5.56 Å². The second kappa shape index (κ2) is 4.78. The highest BCUT2D eigenvalue weighted by molar-refractivity contribution is 5.77. The smallest absolute Gasteiger partial charge is 0.220 e. The predicted octanol–water partition coefficient (Wildman–Crippen LogP) is 2.25. The number of carbonyl (C=O) groups excluding carboxylic acids is 1. The van der Waals surface area contributed by atoms with Crippen LogP contribution in [-0.2, 0) is 10.2 Å². The van der Waals surface area contributed by atoms with E-state index in [0.717, 1.165) is 12.2 Å². The first-order valence-electron chi connectivity index (χ1n) is 6.15. The zero-order valence-electron chi connectivity index (χ0n) is 10.5. The molecule has 0 saturated carbocycles. The molecule has 1 atom stereocenters. The van der Waals surface area contributed by atoms with Crippen molar-refractivity contribution in [1.82, 2.24) is 5.32 Å². The maximum absolute atomic E-state index is 11.3. The van der Waals surface area contributed by atoms with Gasteiger partial charge in [0.05, 0.1) is 6.61 Å². The van der Waals surface area contributed by atoms with E-state index in [4.69, 9.17) is 4.74 Å². The van der Waals surface area contributed by atoms with E-state index in [9.17, 15) is 4.79 Å². The Morgan fingerprint density at radius 1 is 1.41 bits per heavy atom. The highest BCUT2D eigenvalue weighted by Crippen LogP contribution is 2.36. The topological polar surface area (TPSA) is 38.3 Å². The molecule has 1 unspecified atom stereocenters. The average molecular weight is 233 g/mol. The summed E-state index contributed by atoms with van der Waals surface area (Å²) in [5.74, 6) is 1.09. The number of hydrogen-bond acceptors (Lipinski definition) is 2. The normalized spacial score (nSPS) is 24.2. The largest absolute Gasteiger partial charge is 0.494 e. The number of rotatable bonds is 3. The monoisotopic (exact) mass is 233 g/mol. The standard InChI is InChI=1S/C14H19NO2/c1-3-17-12-7-5-4-6-11(12)14(2)9-8-13(16)15-10-14/h4-7H,3,8-10H2,1-2H3,(H,15,16). The molecular weight excluding hydrogens is 214 g/mol. The first-order valence-corrected chi connectivity index (χ1v) is 6.15. The van der Waals surface area contributed by atoms with Crippen molar-refractivity contribution in [3.05, 3.63) is 29.8 Å². The van der Waals surface area contributed by atoms with Crippen molar-refractivity contribution in [2.75, 3.05) is 13.2 Å². The lowest BCUT2D eigenvalue weighted by Gasteiger charge is -2.35. The van der Waals surface area contributed by atoms with Crippen LogP contribution in [0.1, 0.15) is 32.3 Å². The summed E-state index contributed by atoms with van der Waals surface area (Å²) < 4.78 is 5.67. The number of para-hydroxylation sites is 1. The number of amides is 1. The van der Waals surface area contributed by atoms with E-state index in [0.29, 0.717) is 19.6 Å². The number of piperidine rings is 1. The average Bonchev–Trinajstić information content (AvgIpc) is 2.34. The van der Waals surface area contributed by atoms with Gasteiger partial charge in [-0.05, 0) is 19.4 Å². The Bertz CT molecular complexity index is 404. The maximum Gasteiger partial charge on any atom is 0.220 e. The fraction of sp³-hybridized carbons (Fsp3) is 0.500. The summed E-state index contributed by atoms with van der Waals surface area (Å²) in [5, 5.41) is 2.95. The molecule has 1 fully saturated rings. The zero-order chi connectivity index (χ0) is 12.3. The molecule has 0 spiro atoms. The van der Waals surface area contributed by atoms with E-state index in [2.05, 4.69) is 18.3 Å². The number of carbonyl (C=O) groups is 1. The van der Waals surface area contributed by atoms with Crippen molar-refractivity contribution in [2.24, 2.45) is 0 Å². The zero-order valence-corrected chi connectivity index (χ0v) is 10.5. The van der Waals surface area contributed by atoms with Crippen LogP contribution >= 0.6 is 0 Å². The molecule has 1 saturated heterocycles. The molecule has 0 radical (unpaired) electrons. The second-order valence-corrected chi connectivity index (χ2v) is 4.77. The molecule has 17 heavy (non-hydrogen) atoms. The quantitative estimate of drug-likeness (QED) is 0.869. The van der Waals surface area contributed by atoms with Crippen molar-refractivity contribution >= 4 is 5.91 Å². The Hall–Kier alpha value is -1.51. The first-order chi connectivity index (χ1) is 8.15. The van der Waals surface area contributed by atoms with Crippen LogP contribution in [0.2, 0.25) is 0 Å². The van der Waals surface area contributed by atoms with Gasteiger partial charge in [-0.1, -0.05) is 25.1 Å². The van der Waals surface area contributed by atoms with Gasteiger partial charge in [0, 0.05) is 23.9 Å². The summed E-state index contributed by atoms with van der Waals surface area (Å²) in [7, 11) is 0. The molecule has 1 N–H and O–H groups in total. The fourth-order valence-corrected chi connectivity index (χ4v) is 2.34. The third kappa shape index (κ3) is 2.43. The molecule has 3 nitrogen and oxygen atoms in total. The van der Waals surface area contributed by atoms with Gasteiger partial charge in [-0.2, -0.15) is 0 Å². The van der Waals surface area contributed by atoms with Crippen molar-refractivity contribution in [3.63, 3.8) is 0 Å².